The average Bonchev–Trinajstić information content (AvgIpc) is 3.23. The predicted octanol–water partition coefficient (Wildman–Crippen LogP) is 4.40. The minimum atomic E-state index is -0.622. The molecular formula is C33H34ClN7O4. The van der Waals surface area contributed by atoms with Gasteiger partial charge in [0.15, 0.2) is 0 Å². The molecule has 1 amide bonds. The molecule has 0 saturated carbocycles. The van der Waals surface area contributed by atoms with Crippen molar-refractivity contribution >= 4 is 29.0 Å². The van der Waals surface area contributed by atoms with Crippen LogP contribution in [0.1, 0.15) is 16.1 Å². The monoisotopic (exact) mass is 627 g/mol. The van der Waals surface area contributed by atoms with Gasteiger partial charge in [-0.25, -0.2) is 14.6 Å². The summed E-state index contributed by atoms with van der Waals surface area (Å²) in [6, 6.07) is 21.2. The zero-order chi connectivity index (χ0) is 32.2. The van der Waals surface area contributed by atoms with E-state index < -0.39 is 17.6 Å². The van der Waals surface area contributed by atoms with Crippen LogP contribution in [0, 0.1) is 6.92 Å². The number of hydrogen-bond acceptors (Lipinski definition) is 8. The Morgan fingerprint density at radius 1 is 1.09 bits per heavy atom. The molecule has 5 aromatic rings. The van der Waals surface area contributed by atoms with Gasteiger partial charge in [-0.1, -0.05) is 41.9 Å². The fourth-order valence-corrected chi connectivity index (χ4v) is 5.12. The van der Waals surface area contributed by atoms with Gasteiger partial charge in [-0.3, -0.25) is 14.3 Å². The minimum Gasteiger partial charge on any atom is -0.491 e. The van der Waals surface area contributed by atoms with Gasteiger partial charge in [0, 0.05) is 35.4 Å². The van der Waals surface area contributed by atoms with E-state index in [4.69, 9.17) is 27.1 Å². The summed E-state index contributed by atoms with van der Waals surface area (Å²) >= 11 is 6.13. The van der Waals surface area contributed by atoms with E-state index in [-0.39, 0.29) is 18.0 Å². The lowest BCUT2D eigenvalue weighted by Crippen LogP contribution is -2.30. The lowest BCUT2D eigenvalue weighted by atomic mass is 10.1. The lowest BCUT2D eigenvalue weighted by Gasteiger charge is -2.16. The summed E-state index contributed by atoms with van der Waals surface area (Å²) in [6.45, 7) is 2.36. The quantitative estimate of drug-likeness (QED) is 0.207. The summed E-state index contributed by atoms with van der Waals surface area (Å²) in [5.74, 6) is 0.314. The number of likely N-dealkylation sites (N-methyl/N-ethyl adjacent to an activating group) is 1. The first-order valence-corrected chi connectivity index (χ1v) is 14.5. The Bertz CT molecular complexity index is 1900. The highest BCUT2D eigenvalue weighted by Crippen LogP contribution is 2.29. The first kappa shape index (κ1) is 31.5. The predicted molar refractivity (Wildman–Crippen MR) is 176 cm³/mol. The van der Waals surface area contributed by atoms with E-state index in [1.54, 1.807) is 73.4 Å². The largest absolute Gasteiger partial charge is 0.491 e. The van der Waals surface area contributed by atoms with Crippen LogP contribution in [-0.2, 0) is 7.05 Å². The van der Waals surface area contributed by atoms with Crippen LogP contribution in [0.3, 0.4) is 0 Å². The number of carbonyl (C=O) groups is 1. The second-order valence-electron chi connectivity index (χ2n) is 10.9. The van der Waals surface area contributed by atoms with Crippen LogP contribution in [0.4, 0.5) is 11.5 Å². The molecule has 0 bridgehead atoms. The number of nitrogen functional groups attached to an aromatic ring is 1. The molecule has 0 radical (unpaired) electrons. The fourth-order valence-electron chi connectivity index (χ4n) is 4.94. The second-order valence-corrected chi connectivity index (χ2v) is 11.3. The van der Waals surface area contributed by atoms with Crippen LogP contribution in [0.5, 0.6) is 5.75 Å². The number of anilines is 2. The normalized spacial score (nSPS) is 11.9. The molecule has 0 aliphatic carbocycles. The van der Waals surface area contributed by atoms with Crippen molar-refractivity contribution < 1.29 is 14.6 Å². The summed E-state index contributed by atoms with van der Waals surface area (Å²) in [4.78, 5) is 37.5. The van der Waals surface area contributed by atoms with Crippen LogP contribution in [0.15, 0.2) is 83.8 Å². The number of rotatable bonds is 10. The number of aromatic nitrogens is 4. The molecule has 11 nitrogen and oxygen atoms in total. The number of nitrogens with zero attached hydrogens (tertiary/aromatic N) is 5. The Morgan fingerprint density at radius 3 is 2.53 bits per heavy atom. The van der Waals surface area contributed by atoms with E-state index in [9.17, 15) is 14.7 Å². The maximum Gasteiger partial charge on any atom is 0.284 e. The Hall–Kier alpha value is -4.97. The van der Waals surface area contributed by atoms with Crippen molar-refractivity contribution in [2.24, 2.45) is 7.05 Å². The maximum atomic E-state index is 13.3. The van der Waals surface area contributed by atoms with Gasteiger partial charge >= 0.3 is 0 Å². The number of hydrogen-bond donors (Lipinski definition) is 3. The maximum absolute atomic E-state index is 13.3. The summed E-state index contributed by atoms with van der Waals surface area (Å²) in [7, 11) is 5.48. The molecule has 4 N–H and O–H groups in total. The molecule has 0 fully saturated rings. The van der Waals surface area contributed by atoms with E-state index >= 15 is 0 Å². The van der Waals surface area contributed by atoms with Crippen molar-refractivity contribution in [3.63, 3.8) is 0 Å². The first-order chi connectivity index (χ1) is 21.5. The van der Waals surface area contributed by atoms with Gasteiger partial charge in [-0.05, 0) is 63.5 Å². The van der Waals surface area contributed by atoms with Crippen molar-refractivity contribution in [3.8, 4) is 34.0 Å². The van der Waals surface area contributed by atoms with Crippen molar-refractivity contribution in [1.29, 1.82) is 0 Å². The van der Waals surface area contributed by atoms with Crippen molar-refractivity contribution in [3.05, 3.63) is 106 Å². The molecule has 3 aromatic carbocycles. The van der Waals surface area contributed by atoms with E-state index in [2.05, 4.69) is 10.3 Å². The van der Waals surface area contributed by atoms with Gasteiger partial charge in [-0.15, -0.1) is 0 Å². The van der Waals surface area contributed by atoms with Gasteiger partial charge < -0.3 is 25.8 Å². The molecule has 45 heavy (non-hydrogen) atoms. The van der Waals surface area contributed by atoms with Crippen LogP contribution >= 0.6 is 11.6 Å². The topological polar surface area (TPSA) is 141 Å². The summed E-state index contributed by atoms with van der Waals surface area (Å²) < 4.78 is 8.81. The van der Waals surface area contributed by atoms with Crippen LogP contribution in [-0.4, -0.2) is 68.6 Å². The standard InChI is InChI=1S/C33H34ClN7O4/c1-20-29(33(44)41(40(20)4)25-9-6-8-23(34)16-25)32(43)37-24-13-11-21(12-14-24)30-31(35)36-17-28(38-30)22-7-5-10-27(15-22)45-19-26(42)18-39(2)3/h5-17,26,42H,18-19H2,1-4H3,(H2,35,36)(H,37,43). The number of carbonyl (C=O) groups excluding carboxylic acids is 1. The van der Waals surface area contributed by atoms with Gasteiger partial charge in [-0.2, -0.15) is 0 Å². The highest BCUT2D eigenvalue weighted by Gasteiger charge is 2.22. The third-order valence-corrected chi connectivity index (χ3v) is 7.43. The molecule has 2 aromatic heterocycles. The molecule has 1 unspecified atom stereocenters. The molecule has 232 valence electrons. The molecule has 0 spiro atoms. The average molecular weight is 628 g/mol. The third-order valence-electron chi connectivity index (χ3n) is 7.20. The number of nitrogens with two attached hydrogens (primary N) is 1. The highest BCUT2D eigenvalue weighted by atomic mass is 35.5. The first-order valence-electron chi connectivity index (χ1n) is 14.2. The molecule has 5 rings (SSSR count). The molecule has 2 heterocycles. The molecule has 1 atom stereocenters. The number of benzene rings is 3. The number of nitrogens with one attached hydrogen (secondary N) is 1. The molecule has 0 aliphatic heterocycles. The van der Waals surface area contributed by atoms with Crippen LogP contribution in [0.2, 0.25) is 5.02 Å². The van der Waals surface area contributed by atoms with Crippen molar-refractivity contribution in [2.45, 2.75) is 13.0 Å². The Kier molecular flexibility index (Phi) is 9.33. The van der Waals surface area contributed by atoms with Crippen LogP contribution in [0.25, 0.3) is 28.2 Å². The smallest absolute Gasteiger partial charge is 0.284 e. The van der Waals surface area contributed by atoms with Gasteiger partial charge in [0.25, 0.3) is 11.5 Å². The van der Waals surface area contributed by atoms with Crippen LogP contribution < -0.4 is 21.3 Å². The minimum absolute atomic E-state index is 0.0304. The zero-order valence-electron chi connectivity index (χ0n) is 25.4. The number of aliphatic hydroxyl groups excluding tert-OH is 1. The van der Waals surface area contributed by atoms with Crippen molar-refractivity contribution in [1.82, 2.24) is 24.2 Å². The van der Waals surface area contributed by atoms with Gasteiger partial charge in [0.1, 0.15) is 35.5 Å². The van der Waals surface area contributed by atoms with E-state index in [0.717, 1.165) is 5.56 Å². The molecule has 0 aliphatic rings. The number of ether oxygens (including phenoxy) is 1. The molecule has 0 saturated heterocycles. The number of amides is 1. The third kappa shape index (κ3) is 7.07. The van der Waals surface area contributed by atoms with E-state index in [0.29, 0.717) is 51.3 Å². The van der Waals surface area contributed by atoms with E-state index in [1.165, 1.54) is 4.68 Å². The summed E-state index contributed by atoms with van der Waals surface area (Å²) in [6.07, 6.45) is 0.967. The lowest BCUT2D eigenvalue weighted by molar-refractivity contribution is 0.0831. The SMILES string of the molecule is Cc1c(C(=O)Nc2ccc(-c3nc(-c4cccc(OCC(O)CN(C)C)c4)cnc3N)cc2)c(=O)n(-c2cccc(Cl)c2)n1C. The zero-order valence-corrected chi connectivity index (χ0v) is 26.1. The number of aliphatic hydroxyl groups is 1. The molecular weight excluding hydrogens is 594 g/mol. The second kappa shape index (κ2) is 13.3. The Balaban J connectivity index is 1.33. The highest BCUT2D eigenvalue weighted by molar-refractivity contribution is 6.30. The van der Waals surface area contributed by atoms with Gasteiger partial charge in [0.2, 0.25) is 0 Å². The summed E-state index contributed by atoms with van der Waals surface area (Å²) in [5.41, 5.74) is 9.86. The van der Waals surface area contributed by atoms with Gasteiger partial charge in [0.05, 0.1) is 23.3 Å². The number of halogens is 1. The Labute approximate surface area is 265 Å². The van der Waals surface area contributed by atoms with Crippen molar-refractivity contribution in [2.75, 3.05) is 38.3 Å². The molecule has 12 heteroatoms. The Morgan fingerprint density at radius 2 is 1.82 bits per heavy atom. The fraction of sp³-hybridized carbons (Fsp3) is 0.212. The van der Waals surface area contributed by atoms with E-state index in [1.807, 2.05) is 43.3 Å². The summed E-state index contributed by atoms with van der Waals surface area (Å²) in [5, 5.41) is 13.4.